The monoisotopic (exact) mass is 241 g/mol. The number of para-hydroxylation sites is 1. The number of ether oxygens (including phenoxy) is 1. The van der Waals surface area contributed by atoms with Gasteiger partial charge in [-0.2, -0.15) is 0 Å². The van der Waals surface area contributed by atoms with Gasteiger partial charge in [-0.25, -0.2) is 0 Å². The minimum atomic E-state index is -0.119. The van der Waals surface area contributed by atoms with Crippen molar-refractivity contribution < 1.29 is 13.8 Å². The first kappa shape index (κ1) is 11.8. The molecule has 3 atom stereocenters. The summed E-state index contributed by atoms with van der Waals surface area (Å²) in [6.45, 7) is 0.555. The zero-order valence-electron chi connectivity index (χ0n) is 8.96. The van der Waals surface area contributed by atoms with Crippen LogP contribution in [-0.4, -0.2) is 18.9 Å². The highest BCUT2D eigenvalue weighted by atomic mass is 31.1. The molecule has 0 bridgehead atoms. The third kappa shape index (κ3) is 3.72. The van der Waals surface area contributed by atoms with Gasteiger partial charge >= 0.3 is 0 Å². The van der Waals surface area contributed by atoms with Gasteiger partial charge in [0.25, 0.3) is 0 Å². The molecule has 1 unspecified atom stereocenters. The smallest absolute Gasteiger partial charge is 0.215 e. The van der Waals surface area contributed by atoms with Crippen LogP contribution >= 0.6 is 9.03 Å². The molecule has 2 N–H and O–H groups in total. The number of hydrogen-bond donors (Lipinski definition) is 1. The van der Waals surface area contributed by atoms with E-state index in [0.717, 1.165) is 18.6 Å². The highest BCUT2D eigenvalue weighted by Crippen LogP contribution is 2.23. The molecule has 0 aromatic heterocycles. The molecule has 0 amide bonds. The first-order valence-electron chi connectivity index (χ1n) is 5.34. The molecular formula is C11H16NO3P. The van der Waals surface area contributed by atoms with Gasteiger partial charge in [0.15, 0.2) is 0 Å². The average Bonchev–Trinajstić information content (AvgIpc) is 2.72. The van der Waals surface area contributed by atoms with Crippen molar-refractivity contribution in [2.45, 2.75) is 25.2 Å². The van der Waals surface area contributed by atoms with Gasteiger partial charge in [-0.15, -0.1) is 0 Å². The van der Waals surface area contributed by atoms with Crippen LogP contribution in [0.3, 0.4) is 0 Å². The Morgan fingerprint density at radius 2 is 2.12 bits per heavy atom. The summed E-state index contributed by atoms with van der Waals surface area (Å²) in [5, 5.41) is 0. The first-order valence-corrected chi connectivity index (χ1v) is 6.16. The van der Waals surface area contributed by atoms with Crippen molar-refractivity contribution >= 4 is 9.03 Å². The topological polar surface area (TPSA) is 53.7 Å². The van der Waals surface area contributed by atoms with Gasteiger partial charge in [-0.05, 0) is 25.0 Å². The predicted octanol–water partition coefficient (Wildman–Crippen LogP) is 2.05. The summed E-state index contributed by atoms with van der Waals surface area (Å²) in [4.78, 5) is 0. The van der Waals surface area contributed by atoms with Crippen LogP contribution in [0.4, 0.5) is 0 Å². The molecule has 16 heavy (non-hydrogen) atoms. The number of rotatable bonds is 5. The molecule has 1 aromatic carbocycles. The molecular weight excluding hydrogens is 225 g/mol. The van der Waals surface area contributed by atoms with E-state index in [-0.39, 0.29) is 21.4 Å². The minimum Gasteiger partial charge on any atom is -0.450 e. The Labute approximate surface area is 97.0 Å². The lowest BCUT2D eigenvalue weighted by Crippen LogP contribution is -2.21. The van der Waals surface area contributed by atoms with Gasteiger partial charge in [0.05, 0.1) is 12.7 Å². The lowest BCUT2D eigenvalue weighted by Gasteiger charge is -2.11. The molecule has 0 saturated carbocycles. The maximum absolute atomic E-state index is 5.61. The van der Waals surface area contributed by atoms with Gasteiger partial charge in [-0.1, -0.05) is 18.2 Å². The summed E-state index contributed by atoms with van der Waals surface area (Å²) in [6, 6.07) is 9.61. The van der Waals surface area contributed by atoms with Crippen molar-refractivity contribution in [2.75, 3.05) is 6.61 Å². The molecule has 1 aliphatic rings. The van der Waals surface area contributed by atoms with Crippen LogP contribution in [0.1, 0.15) is 12.8 Å². The Morgan fingerprint density at radius 1 is 1.31 bits per heavy atom. The Morgan fingerprint density at radius 3 is 2.81 bits per heavy atom. The highest BCUT2D eigenvalue weighted by molar-refractivity contribution is 7.26. The van der Waals surface area contributed by atoms with Crippen LogP contribution in [-0.2, 0) is 9.26 Å². The molecule has 1 aromatic rings. The largest absolute Gasteiger partial charge is 0.450 e. The van der Waals surface area contributed by atoms with E-state index < -0.39 is 0 Å². The van der Waals surface area contributed by atoms with Gasteiger partial charge < -0.3 is 19.5 Å². The van der Waals surface area contributed by atoms with Crippen molar-refractivity contribution in [3.63, 3.8) is 0 Å². The molecule has 1 saturated heterocycles. The second-order valence-electron chi connectivity index (χ2n) is 3.68. The quantitative estimate of drug-likeness (QED) is 0.633. The Bertz CT molecular complexity index is 309. The first-order chi connectivity index (χ1) is 7.84. The number of hydrogen-bond acceptors (Lipinski definition) is 4. The van der Waals surface area contributed by atoms with E-state index in [0.29, 0.717) is 6.61 Å². The lowest BCUT2D eigenvalue weighted by molar-refractivity contribution is 0.0230. The van der Waals surface area contributed by atoms with Gasteiger partial charge in [0.1, 0.15) is 12.0 Å². The molecule has 0 aliphatic carbocycles. The van der Waals surface area contributed by atoms with E-state index in [1.807, 2.05) is 30.3 Å². The number of nitrogens with two attached hydrogens (primary N) is 1. The van der Waals surface area contributed by atoms with Crippen molar-refractivity contribution in [3.8, 4) is 5.75 Å². The van der Waals surface area contributed by atoms with Gasteiger partial charge in [0, 0.05) is 0 Å². The summed E-state index contributed by atoms with van der Waals surface area (Å²) in [5.74, 6) is 0.824. The van der Waals surface area contributed by atoms with Crippen molar-refractivity contribution in [2.24, 2.45) is 5.73 Å². The van der Waals surface area contributed by atoms with E-state index in [2.05, 4.69) is 0 Å². The van der Waals surface area contributed by atoms with Crippen LogP contribution in [0.25, 0.3) is 0 Å². The summed E-state index contributed by atoms with van der Waals surface area (Å²) in [7, 11) is 0.00762. The summed E-state index contributed by atoms with van der Waals surface area (Å²) in [6.07, 6.45) is 1.89. The third-order valence-corrected chi connectivity index (χ3v) is 2.97. The van der Waals surface area contributed by atoms with Crippen molar-refractivity contribution in [1.82, 2.24) is 0 Å². The Kier molecular flexibility index (Phi) is 4.55. The standard InChI is InChI=1S/C11H16NO3P/c12-11-7-6-10(14-11)8-13-16-15-9-4-2-1-3-5-9/h1-5,10-11,16H,6-8,12H2/t10-,11+/m0/s1. The van der Waals surface area contributed by atoms with Crippen LogP contribution < -0.4 is 10.3 Å². The fourth-order valence-corrected chi connectivity index (χ4v) is 2.09. The molecule has 5 heteroatoms. The fourth-order valence-electron chi connectivity index (χ4n) is 1.55. The average molecular weight is 241 g/mol. The highest BCUT2D eigenvalue weighted by Gasteiger charge is 2.22. The lowest BCUT2D eigenvalue weighted by atomic mass is 10.2. The summed E-state index contributed by atoms with van der Waals surface area (Å²) in [5.41, 5.74) is 5.61. The summed E-state index contributed by atoms with van der Waals surface area (Å²) >= 11 is 0. The van der Waals surface area contributed by atoms with Crippen LogP contribution in [0, 0.1) is 0 Å². The normalized spacial score (nSPS) is 25.3. The van der Waals surface area contributed by atoms with Crippen molar-refractivity contribution in [1.29, 1.82) is 0 Å². The van der Waals surface area contributed by atoms with Crippen molar-refractivity contribution in [3.05, 3.63) is 30.3 Å². The second kappa shape index (κ2) is 6.16. The van der Waals surface area contributed by atoms with Gasteiger partial charge in [0.2, 0.25) is 9.03 Å². The number of benzene rings is 1. The molecule has 0 radical (unpaired) electrons. The molecule has 2 rings (SSSR count). The Balaban J connectivity index is 1.59. The SMILES string of the molecule is N[C@H]1CC[C@@H](COPOc2ccccc2)O1. The maximum atomic E-state index is 5.61. The zero-order chi connectivity index (χ0) is 11.2. The molecule has 88 valence electrons. The minimum absolute atomic E-state index is 0.00762. The molecule has 4 nitrogen and oxygen atoms in total. The maximum Gasteiger partial charge on any atom is 0.215 e. The molecule has 1 heterocycles. The van der Waals surface area contributed by atoms with E-state index in [9.17, 15) is 0 Å². The molecule has 0 spiro atoms. The molecule has 1 fully saturated rings. The van der Waals surface area contributed by atoms with Crippen LogP contribution in [0.2, 0.25) is 0 Å². The third-order valence-electron chi connectivity index (χ3n) is 2.37. The van der Waals surface area contributed by atoms with Crippen LogP contribution in [0.15, 0.2) is 30.3 Å². The molecule has 1 aliphatic heterocycles. The van der Waals surface area contributed by atoms with E-state index in [1.165, 1.54) is 0 Å². The van der Waals surface area contributed by atoms with E-state index >= 15 is 0 Å². The van der Waals surface area contributed by atoms with E-state index in [1.54, 1.807) is 0 Å². The van der Waals surface area contributed by atoms with E-state index in [4.69, 9.17) is 19.5 Å². The zero-order valence-corrected chi connectivity index (χ0v) is 9.96. The van der Waals surface area contributed by atoms with Crippen LogP contribution in [0.5, 0.6) is 5.75 Å². The van der Waals surface area contributed by atoms with Gasteiger partial charge in [-0.3, -0.25) is 0 Å². The Hall–Kier alpha value is -0.670. The summed E-state index contributed by atoms with van der Waals surface area (Å²) < 4.78 is 16.2. The second-order valence-corrected chi connectivity index (χ2v) is 4.34. The fraction of sp³-hybridized carbons (Fsp3) is 0.455. The predicted molar refractivity (Wildman–Crippen MR) is 63.4 cm³/mol.